The highest BCUT2D eigenvalue weighted by Gasteiger charge is 2.19. The van der Waals surface area contributed by atoms with Crippen molar-refractivity contribution in [3.8, 4) is 11.6 Å². The summed E-state index contributed by atoms with van der Waals surface area (Å²) in [4.78, 5) is 2.81. The van der Waals surface area contributed by atoms with Crippen LogP contribution in [0.5, 0.6) is 0 Å². The van der Waals surface area contributed by atoms with E-state index in [-0.39, 0.29) is 10.8 Å². The van der Waals surface area contributed by atoms with Gasteiger partial charge in [-0.25, -0.2) is 12.8 Å². The minimum atomic E-state index is -3.83. The van der Waals surface area contributed by atoms with Crippen molar-refractivity contribution in [2.45, 2.75) is 25.2 Å². The van der Waals surface area contributed by atoms with Crippen molar-refractivity contribution in [1.82, 2.24) is 15.2 Å². The number of aromatic amines is 1. The minimum absolute atomic E-state index is 0.0115. The van der Waals surface area contributed by atoms with Gasteiger partial charge >= 0.3 is 0 Å². The average Bonchev–Trinajstić information content (AvgIpc) is 3.18. The topological polar surface area (TPSA) is 101 Å². The van der Waals surface area contributed by atoms with Crippen molar-refractivity contribution in [3.63, 3.8) is 0 Å². The van der Waals surface area contributed by atoms with Crippen molar-refractivity contribution >= 4 is 15.7 Å². The molecule has 24 heavy (non-hydrogen) atoms. The van der Waals surface area contributed by atoms with Crippen LogP contribution in [0.4, 0.5) is 10.1 Å². The number of sulfonamides is 1. The molecule has 7 nitrogen and oxygen atoms in total. The molecule has 3 rings (SSSR count). The molecule has 126 valence electrons. The Balaban J connectivity index is 1.87. The highest BCUT2D eigenvalue weighted by Crippen LogP contribution is 2.24. The first kappa shape index (κ1) is 16.2. The molecule has 0 aliphatic carbocycles. The largest absolute Gasteiger partial charge is 0.419 e. The highest BCUT2D eigenvalue weighted by atomic mass is 32.2. The Morgan fingerprint density at radius 3 is 2.75 bits per heavy atom. The summed E-state index contributed by atoms with van der Waals surface area (Å²) in [7, 11) is -3.83. The Bertz CT molecular complexity index is 978. The van der Waals surface area contributed by atoms with Crippen molar-refractivity contribution in [2.75, 3.05) is 4.72 Å². The van der Waals surface area contributed by atoms with Crippen molar-refractivity contribution in [1.29, 1.82) is 0 Å². The third-order valence-corrected chi connectivity index (χ3v) is 4.74. The van der Waals surface area contributed by atoms with E-state index in [9.17, 15) is 12.8 Å². The quantitative estimate of drug-likeness (QED) is 0.737. The van der Waals surface area contributed by atoms with E-state index in [2.05, 4.69) is 19.9 Å². The summed E-state index contributed by atoms with van der Waals surface area (Å²) in [6, 6.07) is 5.22. The molecule has 0 spiro atoms. The third-order valence-electron chi connectivity index (χ3n) is 3.40. The zero-order valence-corrected chi connectivity index (χ0v) is 13.8. The lowest BCUT2D eigenvalue weighted by molar-refractivity contribution is 0.511. The van der Waals surface area contributed by atoms with E-state index in [4.69, 9.17) is 4.42 Å². The summed E-state index contributed by atoms with van der Waals surface area (Å²) in [5.74, 6) is 0.248. The molecule has 2 heterocycles. The SMILES string of the molecule is CCc1nnc(-c2cc(S(=O)(=O)Nc3ccc(F)cc3C)c[nH]2)o1. The molecule has 2 N–H and O–H groups in total. The molecule has 0 bridgehead atoms. The zero-order valence-electron chi connectivity index (χ0n) is 13.0. The van der Waals surface area contributed by atoms with Crippen LogP contribution in [0.2, 0.25) is 0 Å². The fourth-order valence-corrected chi connectivity index (χ4v) is 3.23. The van der Waals surface area contributed by atoms with Gasteiger partial charge in [-0.2, -0.15) is 0 Å². The Morgan fingerprint density at radius 1 is 1.29 bits per heavy atom. The number of nitrogens with zero attached hydrogens (tertiary/aromatic N) is 2. The van der Waals surface area contributed by atoms with Crippen LogP contribution in [-0.4, -0.2) is 23.6 Å². The van der Waals surface area contributed by atoms with Crippen LogP contribution in [-0.2, 0) is 16.4 Å². The summed E-state index contributed by atoms with van der Waals surface area (Å²) < 4.78 is 45.8. The molecule has 0 fully saturated rings. The Morgan fingerprint density at radius 2 is 2.08 bits per heavy atom. The fraction of sp³-hybridized carbons (Fsp3) is 0.200. The lowest BCUT2D eigenvalue weighted by Crippen LogP contribution is -2.13. The zero-order chi connectivity index (χ0) is 17.3. The van der Waals surface area contributed by atoms with Crippen LogP contribution in [0.15, 0.2) is 39.8 Å². The highest BCUT2D eigenvalue weighted by molar-refractivity contribution is 7.92. The number of aryl methyl sites for hydroxylation is 2. The Labute approximate surface area is 138 Å². The Kier molecular flexibility index (Phi) is 4.10. The molecule has 1 aromatic carbocycles. The van der Waals surface area contributed by atoms with E-state index in [0.29, 0.717) is 29.3 Å². The van der Waals surface area contributed by atoms with E-state index in [0.717, 1.165) is 0 Å². The maximum absolute atomic E-state index is 13.1. The number of hydrogen-bond acceptors (Lipinski definition) is 5. The summed E-state index contributed by atoms with van der Waals surface area (Å²) in [5, 5.41) is 7.69. The van der Waals surface area contributed by atoms with Crippen molar-refractivity contribution < 1.29 is 17.2 Å². The lowest BCUT2D eigenvalue weighted by atomic mass is 10.2. The van der Waals surface area contributed by atoms with Gasteiger partial charge in [0, 0.05) is 12.6 Å². The van der Waals surface area contributed by atoms with Gasteiger partial charge in [0.2, 0.25) is 5.89 Å². The maximum atomic E-state index is 13.1. The molecular formula is C15H15FN4O3S. The molecule has 0 atom stereocenters. The molecule has 0 unspecified atom stereocenters. The third kappa shape index (κ3) is 3.16. The first-order valence-corrected chi connectivity index (χ1v) is 8.67. The van der Waals surface area contributed by atoms with Crippen LogP contribution in [0.3, 0.4) is 0 Å². The molecule has 0 saturated heterocycles. The first-order valence-electron chi connectivity index (χ1n) is 7.19. The fourth-order valence-electron chi connectivity index (χ4n) is 2.10. The molecule has 0 saturated carbocycles. The van der Waals surface area contributed by atoms with E-state index < -0.39 is 15.8 Å². The normalized spacial score (nSPS) is 11.6. The standard InChI is InChI=1S/C15H15FN4O3S/c1-3-14-18-19-15(23-14)13-7-11(8-17-13)24(21,22)20-12-5-4-10(16)6-9(12)2/h4-8,17,20H,3H2,1-2H3. The van der Waals surface area contributed by atoms with Crippen molar-refractivity contribution in [2.24, 2.45) is 0 Å². The van der Waals surface area contributed by atoms with Gasteiger partial charge in [0.1, 0.15) is 16.4 Å². The monoisotopic (exact) mass is 350 g/mol. The minimum Gasteiger partial charge on any atom is -0.419 e. The number of nitrogens with one attached hydrogen (secondary N) is 2. The second kappa shape index (κ2) is 6.08. The van der Waals surface area contributed by atoms with Crippen LogP contribution in [0.1, 0.15) is 18.4 Å². The number of hydrogen-bond donors (Lipinski definition) is 2. The smallest absolute Gasteiger partial charge is 0.264 e. The van der Waals surface area contributed by atoms with Crippen LogP contribution in [0.25, 0.3) is 11.6 Å². The molecule has 2 aromatic heterocycles. The predicted molar refractivity (Wildman–Crippen MR) is 85.4 cm³/mol. The number of rotatable bonds is 5. The predicted octanol–water partition coefficient (Wildman–Crippen LogP) is 2.88. The van der Waals surface area contributed by atoms with E-state index in [1.807, 2.05) is 6.92 Å². The number of halogens is 1. The van der Waals surface area contributed by atoms with Crippen LogP contribution in [0, 0.1) is 12.7 Å². The number of anilines is 1. The molecule has 0 amide bonds. The summed E-state index contributed by atoms with van der Waals surface area (Å²) in [6.07, 6.45) is 1.91. The molecule has 9 heteroatoms. The van der Waals surface area contributed by atoms with Gasteiger partial charge in [0.15, 0.2) is 0 Å². The van der Waals surface area contributed by atoms with Gasteiger partial charge < -0.3 is 9.40 Å². The number of H-pyrrole nitrogens is 1. The van der Waals surface area contributed by atoms with E-state index >= 15 is 0 Å². The van der Waals surface area contributed by atoms with Gasteiger partial charge in [-0.15, -0.1) is 10.2 Å². The van der Waals surface area contributed by atoms with E-state index in [1.54, 1.807) is 6.92 Å². The van der Waals surface area contributed by atoms with Gasteiger partial charge in [-0.1, -0.05) is 6.92 Å². The number of benzene rings is 1. The second-order valence-electron chi connectivity index (χ2n) is 5.17. The maximum Gasteiger partial charge on any atom is 0.264 e. The molecule has 0 aliphatic rings. The molecule has 0 aliphatic heterocycles. The summed E-state index contributed by atoms with van der Waals surface area (Å²) in [5.41, 5.74) is 1.20. The molecule has 0 radical (unpaired) electrons. The van der Waals surface area contributed by atoms with Gasteiger partial charge in [0.25, 0.3) is 15.9 Å². The summed E-state index contributed by atoms with van der Waals surface area (Å²) in [6.45, 7) is 3.49. The lowest BCUT2D eigenvalue weighted by Gasteiger charge is -2.09. The van der Waals surface area contributed by atoms with Gasteiger partial charge in [0.05, 0.1) is 5.69 Å². The Hall–Kier alpha value is -2.68. The molecular weight excluding hydrogens is 335 g/mol. The summed E-state index contributed by atoms with van der Waals surface area (Å²) >= 11 is 0. The van der Waals surface area contributed by atoms with E-state index in [1.165, 1.54) is 30.5 Å². The first-order chi connectivity index (χ1) is 11.4. The van der Waals surface area contributed by atoms with Crippen LogP contribution < -0.4 is 4.72 Å². The van der Waals surface area contributed by atoms with Crippen molar-refractivity contribution in [3.05, 3.63) is 47.7 Å². The average molecular weight is 350 g/mol. The second-order valence-corrected chi connectivity index (χ2v) is 6.85. The van der Waals surface area contributed by atoms with Gasteiger partial charge in [-0.3, -0.25) is 4.72 Å². The van der Waals surface area contributed by atoms with Crippen LogP contribution >= 0.6 is 0 Å². The van der Waals surface area contributed by atoms with Gasteiger partial charge in [-0.05, 0) is 36.8 Å². The number of aromatic nitrogens is 3. The molecule has 3 aromatic rings.